The van der Waals surface area contributed by atoms with Crippen molar-refractivity contribution in [3.8, 4) is 5.75 Å². The molecule has 26 heavy (non-hydrogen) atoms. The molecule has 1 saturated heterocycles. The summed E-state index contributed by atoms with van der Waals surface area (Å²) in [5.74, 6) is 1.88. The zero-order valence-electron chi connectivity index (χ0n) is 14.9. The minimum absolute atomic E-state index is 0.140. The van der Waals surface area contributed by atoms with Crippen molar-refractivity contribution in [3.63, 3.8) is 0 Å². The van der Waals surface area contributed by atoms with E-state index >= 15 is 0 Å². The zero-order chi connectivity index (χ0) is 18.1. The number of hydrogen-bond acceptors (Lipinski definition) is 5. The van der Waals surface area contributed by atoms with Crippen LogP contribution in [0.5, 0.6) is 5.75 Å². The molecule has 1 aliphatic carbocycles. The number of amides is 1. The average Bonchev–Trinajstić information content (AvgIpc) is 3.42. The molecule has 0 unspecified atom stereocenters. The number of carbonyl (C=O) groups is 1. The van der Waals surface area contributed by atoms with E-state index in [9.17, 15) is 9.90 Å². The number of aryl methyl sites for hydroxylation is 1. The van der Waals surface area contributed by atoms with Gasteiger partial charge < -0.3 is 14.7 Å². The molecule has 1 N–H and O–H groups in total. The molecular weight excluding hydrogens is 330 g/mol. The third kappa shape index (κ3) is 3.70. The van der Waals surface area contributed by atoms with E-state index in [1.54, 1.807) is 17.3 Å². The summed E-state index contributed by atoms with van der Waals surface area (Å²) < 4.78 is 5.74. The second-order valence-corrected chi connectivity index (χ2v) is 7.41. The highest BCUT2D eigenvalue weighted by Gasteiger charge is 2.39. The molecule has 0 radical (unpaired) electrons. The van der Waals surface area contributed by atoms with E-state index in [2.05, 4.69) is 9.97 Å². The van der Waals surface area contributed by atoms with Gasteiger partial charge >= 0.3 is 0 Å². The van der Waals surface area contributed by atoms with Gasteiger partial charge in [0.2, 0.25) is 0 Å². The first-order chi connectivity index (χ1) is 12.5. The maximum atomic E-state index is 12.6. The maximum absolute atomic E-state index is 12.6. The maximum Gasteiger partial charge on any atom is 0.257 e. The van der Waals surface area contributed by atoms with Crippen LogP contribution in [0.15, 0.2) is 36.7 Å². The second kappa shape index (κ2) is 6.68. The Labute approximate surface area is 152 Å². The number of carbonyl (C=O) groups excluding carboxylic acids is 1. The first kappa shape index (κ1) is 17.0. The van der Waals surface area contributed by atoms with Crippen LogP contribution in [0.3, 0.4) is 0 Å². The number of likely N-dealkylation sites (tertiary alicyclic amines) is 1. The Hall–Kier alpha value is -2.47. The van der Waals surface area contributed by atoms with Gasteiger partial charge in [-0.3, -0.25) is 4.79 Å². The number of ether oxygens (including phenoxy) is 1. The van der Waals surface area contributed by atoms with Gasteiger partial charge in [0, 0.05) is 24.9 Å². The highest BCUT2D eigenvalue weighted by Crippen LogP contribution is 2.37. The third-order valence-electron chi connectivity index (χ3n) is 4.98. The number of nitrogens with zero attached hydrogens (tertiary/aromatic N) is 3. The Morgan fingerprint density at radius 2 is 2.12 bits per heavy atom. The highest BCUT2D eigenvalue weighted by molar-refractivity contribution is 5.93. The van der Waals surface area contributed by atoms with Crippen LogP contribution in [0.1, 0.15) is 46.9 Å². The molecule has 1 aromatic heterocycles. The van der Waals surface area contributed by atoms with Gasteiger partial charge in [0.15, 0.2) is 0 Å². The van der Waals surface area contributed by atoms with Crippen LogP contribution in [0.4, 0.5) is 0 Å². The number of aliphatic hydroxyl groups is 1. The molecule has 6 nitrogen and oxygen atoms in total. The Morgan fingerprint density at radius 1 is 1.35 bits per heavy atom. The molecule has 6 heteroatoms. The van der Waals surface area contributed by atoms with E-state index in [0.717, 1.165) is 30.0 Å². The van der Waals surface area contributed by atoms with E-state index in [4.69, 9.17) is 4.74 Å². The molecule has 2 aromatic rings. The van der Waals surface area contributed by atoms with Crippen LogP contribution in [0.25, 0.3) is 0 Å². The predicted octanol–water partition coefficient (Wildman–Crippen LogP) is 2.32. The Balaban J connectivity index is 1.36. The first-order valence-corrected chi connectivity index (χ1v) is 9.05. The van der Waals surface area contributed by atoms with Gasteiger partial charge in [0.05, 0.1) is 12.1 Å². The highest BCUT2D eigenvalue weighted by atomic mass is 16.5. The lowest BCUT2D eigenvalue weighted by molar-refractivity contribution is 0.00428. The molecule has 2 aliphatic rings. The smallest absolute Gasteiger partial charge is 0.257 e. The van der Waals surface area contributed by atoms with Crippen molar-refractivity contribution in [1.82, 2.24) is 14.9 Å². The summed E-state index contributed by atoms with van der Waals surface area (Å²) in [4.78, 5) is 22.9. The lowest BCUT2D eigenvalue weighted by Crippen LogP contribution is -2.40. The van der Waals surface area contributed by atoms with Gasteiger partial charge in [0.25, 0.3) is 5.91 Å². The largest absolute Gasteiger partial charge is 0.491 e. The molecule has 1 aliphatic heterocycles. The van der Waals surface area contributed by atoms with Crippen LogP contribution in [-0.4, -0.2) is 51.2 Å². The van der Waals surface area contributed by atoms with E-state index in [0.29, 0.717) is 24.4 Å². The van der Waals surface area contributed by atoms with Crippen molar-refractivity contribution < 1.29 is 14.6 Å². The summed E-state index contributed by atoms with van der Waals surface area (Å²) in [6.07, 6.45) is 5.96. The van der Waals surface area contributed by atoms with E-state index in [-0.39, 0.29) is 19.1 Å². The molecule has 1 atom stereocenters. The zero-order valence-corrected chi connectivity index (χ0v) is 14.9. The fourth-order valence-electron chi connectivity index (χ4n) is 3.25. The molecule has 136 valence electrons. The van der Waals surface area contributed by atoms with Crippen LogP contribution in [0, 0.1) is 6.92 Å². The molecule has 0 spiro atoms. The normalized spacial score (nSPS) is 22.5. The van der Waals surface area contributed by atoms with Gasteiger partial charge in [-0.25, -0.2) is 9.97 Å². The topological polar surface area (TPSA) is 75.6 Å². The molecule has 1 saturated carbocycles. The molecule has 1 amide bonds. The van der Waals surface area contributed by atoms with Gasteiger partial charge in [-0.1, -0.05) is 12.1 Å². The number of β-amino-alcohol motifs (C(OH)–C–C–N with tert-alkyl or cyclic N) is 1. The van der Waals surface area contributed by atoms with Crippen molar-refractivity contribution in [1.29, 1.82) is 0 Å². The molecule has 1 aromatic carbocycles. The summed E-state index contributed by atoms with van der Waals surface area (Å²) in [6, 6.07) is 7.71. The minimum Gasteiger partial charge on any atom is -0.491 e. The SMILES string of the molecule is Cc1cccc(OC[C@@]2(O)CCN(C(=O)c3cnc(C4CC4)nc3)C2)c1. The number of rotatable bonds is 5. The first-order valence-electron chi connectivity index (χ1n) is 9.05. The average molecular weight is 353 g/mol. The van der Waals surface area contributed by atoms with E-state index < -0.39 is 5.60 Å². The fraction of sp³-hybridized carbons (Fsp3) is 0.450. The van der Waals surface area contributed by atoms with Crippen LogP contribution in [-0.2, 0) is 0 Å². The number of aromatic nitrogens is 2. The predicted molar refractivity (Wildman–Crippen MR) is 96.2 cm³/mol. The molecule has 0 bridgehead atoms. The van der Waals surface area contributed by atoms with Gasteiger partial charge in [0.1, 0.15) is 23.8 Å². The van der Waals surface area contributed by atoms with Crippen LogP contribution < -0.4 is 4.74 Å². The van der Waals surface area contributed by atoms with Gasteiger partial charge in [-0.2, -0.15) is 0 Å². The second-order valence-electron chi connectivity index (χ2n) is 7.41. The van der Waals surface area contributed by atoms with Crippen molar-refractivity contribution in [2.75, 3.05) is 19.7 Å². The van der Waals surface area contributed by atoms with Crippen LogP contribution >= 0.6 is 0 Å². The molecule has 2 heterocycles. The molecular formula is C20H23N3O3. The van der Waals surface area contributed by atoms with E-state index in [1.165, 1.54) is 0 Å². The Kier molecular flexibility index (Phi) is 4.36. The van der Waals surface area contributed by atoms with Gasteiger partial charge in [-0.15, -0.1) is 0 Å². The fourth-order valence-corrected chi connectivity index (χ4v) is 3.25. The van der Waals surface area contributed by atoms with Crippen LogP contribution in [0.2, 0.25) is 0 Å². The van der Waals surface area contributed by atoms with Crippen molar-refractivity contribution in [2.45, 2.75) is 37.7 Å². The summed E-state index contributed by atoms with van der Waals surface area (Å²) >= 11 is 0. The summed E-state index contributed by atoms with van der Waals surface area (Å²) in [7, 11) is 0. The molecule has 2 fully saturated rings. The lowest BCUT2D eigenvalue weighted by atomic mass is 10.1. The lowest BCUT2D eigenvalue weighted by Gasteiger charge is -2.23. The minimum atomic E-state index is -1.03. The quantitative estimate of drug-likeness (QED) is 0.893. The van der Waals surface area contributed by atoms with Crippen molar-refractivity contribution in [3.05, 3.63) is 53.6 Å². The van der Waals surface area contributed by atoms with Crippen molar-refractivity contribution >= 4 is 5.91 Å². The Bertz CT molecular complexity index is 804. The summed E-state index contributed by atoms with van der Waals surface area (Å²) in [5.41, 5.74) is 0.541. The Morgan fingerprint density at radius 3 is 2.81 bits per heavy atom. The van der Waals surface area contributed by atoms with Gasteiger partial charge in [-0.05, 0) is 43.9 Å². The standard InChI is InChI=1S/C20H23N3O3/c1-14-3-2-4-17(9-14)26-13-20(25)7-8-23(12-20)19(24)16-10-21-18(22-11-16)15-5-6-15/h2-4,9-11,15,25H,5-8,12-13H2,1H3/t20-/m1/s1. The summed E-state index contributed by atoms with van der Waals surface area (Å²) in [5, 5.41) is 10.8. The number of hydrogen-bond donors (Lipinski definition) is 1. The number of benzene rings is 1. The third-order valence-corrected chi connectivity index (χ3v) is 4.98. The van der Waals surface area contributed by atoms with Crippen molar-refractivity contribution in [2.24, 2.45) is 0 Å². The summed E-state index contributed by atoms with van der Waals surface area (Å²) in [6.45, 7) is 2.91. The molecule has 4 rings (SSSR count). The monoisotopic (exact) mass is 353 g/mol. The van der Waals surface area contributed by atoms with E-state index in [1.807, 2.05) is 31.2 Å².